The summed E-state index contributed by atoms with van der Waals surface area (Å²) in [6, 6.07) is 9.27. The lowest BCUT2D eigenvalue weighted by molar-refractivity contribution is 0.111. The number of aliphatic hydroxyl groups excluding tert-OH is 1. The van der Waals surface area contributed by atoms with Gasteiger partial charge in [-0.3, -0.25) is 4.31 Å². The number of rotatable bonds is 3. The van der Waals surface area contributed by atoms with Crippen molar-refractivity contribution in [2.75, 3.05) is 17.5 Å². The molecule has 0 amide bonds. The number of benzene rings is 1. The summed E-state index contributed by atoms with van der Waals surface area (Å²) in [5.41, 5.74) is 0.340. The highest BCUT2D eigenvalue weighted by molar-refractivity contribution is 7.92. The van der Waals surface area contributed by atoms with E-state index in [9.17, 15) is 13.5 Å². The summed E-state index contributed by atoms with van der Waals surface area (Å²) in [4.78, 5) is 4.10. The Morgan fingerprint density at radius 1 is 1.36 bits per heavy atom. The first-order valence-corrected chi connectivity index (χ1v) is 8.35. The standard InChI is InChI=1S/C14H13ClN2O4S/c15-10-3-1-4-12(7-10)22(19,20)17-8-11(9-18)21-14-13(17)5-2-6-16-14/h1-7,11,18H,8-9H2. The molecule has 116 valence electrons. The van der Waals surface area contributed by atoms with Crippen LogP contribution in [0.3, 0.4) is 0 Å². The van der Waals surface area contributed by atoms with Gasteiger partial charge in [0.05, 0.1) is 18.0 Å². The molecule has 1 N–H and O–H groups in total. The number of hydrogen-bond donors (Lipinski definition) is 1. The fraction of sp³-hybridized carbons (Fsp3) is 0.214. The van der Waals surface area contributed by atoms with E-state index in [4.69, 9.17) is 16.3 Å². The van der Waals surface area contributed by atoms with E-state index >= 15 is 0 Å². The zero-order chi connectivity index (χ0) is 15.7. The lowest BCUT2D eigenvalue weighted by Gasteiger charge is -2.33. The largest absolute Gasteiger partial charge is 0.468 e. The lowest BCUT2D eigenvalue weighted by atomic mass is 10.3. The summed E-state index contributed by atoms with van der Waals surface area (Å²) in [5.74, 6) is 0.179. The van der Waals surface area contributed by atoms with Gasteiger partial charge >= 0.3 is 0 Å². The first-order chi connectivity index (χ1) is 10.5. The van der Waals surface area contributed by atoms with Crippen molar-refractivity contribution in [3.8, 4) is 5.88 Å². The minimum atomic E-state index is -3.82. The van der Waals surface area contributed by atoms with Gasteiger partial charge in [-0.2, -0.15) is 0 Å². The minimum absolute atomic E-state index is 0.00401. The monoisotopic (exact) mass is 340 g/mol. The molecule has 0 saturated heterocycles. The lowest BCUT2D eigenvalue weighted by Crippen LogP contribution is -2.45. The van der Waals surface area contributed by atoms with Gasteiger partial charge in [0.15, 0.2) is 0 Å². The molecular weight excluding hydrogens is 328 g/mol. The molecule has 1 atom stereocenters. The number of hydrogen-bond acceptors (Lipinski definition) is 5. The van der Waals surface area contributed by atoms with Crippen molar-refractivity contribution in [2.45, 2.75) is 11.0 Å². The average molecular weight is 341 g/mol. The van der Waals surface area contributed by atoms with E-state index in [2.05, 4.69) is 4.98 Å². The number of ether oxygens (including phenoxy) is 1. The van der Waals surface area contributed by atoms with Gasteiger partial charge in [-0.05, 0) is 30.3 Å². The molecular formula is C14H13ClN2O4S. The van der Waals surface area contributed by atoms with Gasteiger partial charge in [0.2, 0.25) is 5.88 Å². The first-order valence-electron chi connectivity index (χ1n) is 6.53. The topological polar surface area (TPSA) is 79.7 Å². The Bertz CT molecular complexity index is 797. The van der Waals surface area contributed by atoms with E-state index in [0.29, 0.717) is 10.7 Å². The number of aliphatic hydroxyl groups is 1. The highest BCUT2D eigenvalue weighted by Crippen LogP contribution is 2.35. The quantitative estimate of drug-likeness (QED) is 0.919. The Morgan fingerprint density at radius 2 is 2.18 bits per heavy atom. The van der Waals surface area contributed by atoms with Gasteiger partial charge in [-0.1, -0.05) is 17.7 Å². The van der Waals surface area contributed by atoms with Gasteiger partial charge in [-0.25, -0.2) is 13.4 Å². The van der Waals surface area contributed by atoms with Crippen molar-refractivity contribution < 1.29 is 18.3 Å². The summed E-state index contributed by atoms with van der Waals surface area (Å²) < 4.78 is 32.4. The number of aromatic nitrogens is 1. The molecule has 0 saturated carbocycles. The molecule has 1 aliphatic heterocycles. The van der Waals surface area contributed by atoms with Crippen molar-refractivity contribution >= 4 is 27.3 Å². The van der Waals surface area contributed by atoms with Gasteiger partial charge in [0.1, 0.15) is 11.8 Å². The summed E-state index contributed by atoms with van der Waals surface area (Å²) >= 11 is 5.89. The van der Waals surface area contributed by atoms with Crippen molar-refractivity contribution in [2.24, 2.45) is 0 Å². The first kappa shape index (κ1) is 15.1. The zero-order valence-corrected chi connectivity index (χ0v) is 13.0. The van der Waals surface area contributed by atoms with Crippen LogP contribution in [0.5, 0.6) is 5.88 Å². The Kier molecular flexibility index (Phi) is 3.94. The highest BCUT2D eigenvalue weighted by atomic mass is 35.5. The molecule has 3 rings (SSSR count). The molecule has 2 heterocycles. The van der Waals surface area contributed by atoms with Crippen LogP contribution in [0.15, 0.2) is 47.5 Å². The normalized spacial score (nSPS) is 17.7. The average Bonchev–Trinajstić information content (AvgIpc) is 2.53. The molecule has 6 nitrogen and oxygen atoms in total. The molecule has 1 aliphatic rings. The number of anilines is 1. The second kappa shape index (κ2) is 5.75. The SMILES string of the molecule is O=S(=O)(c1cccc(Cl)c1)N1CC(CO)Oc2ncccc21. The maximum absolute atomic E-state index is 12.9. The number of halogens is 1. The Balaban J connectivity index is 2.10. The summed E-state index contributed by atoms with van der Waals surface area (Å²) in [7, 11) is -3.82. The number of pyridine rings is 1. The van der Waals surface area contributed by atoms with E-state index in [1.165, 1.54) is 22.6 Å². The minimum Gasteiger partial charge on any atom is -0.468 e. The van der Waals surface area contributed by atoms with Crippen LogP contribution in [0, 0.1) is 0 Å². The molecule has 0 spiro atoms. The van der Waals surface area contributed by atoms with E-state index in [0.717, 1.165) is 0 Å². The highest BCUT2D eigenvalue weighted by Gasteiger charge is 2.34. The molecule has 0 bridgehead atoms. The third kappa shape index (κ3) is 2.63. The van der Waals surface area contributed by atoms with Crippen LogP contribution in [0.1, 0.15) is 0 Å². The fourth-order valence-corrected chi connectivity index (χ4v) is 4.01. The van der Waals surface area contributed by atoms with Gasteiger partial charge < -0.3 is 9.84 Å². The van der Waals surface area contributed by atoms with Crippen LogP contribution in [-0.4, -0.2) is 37.8 Å². The van der Waals surface area contributed by atoms with Crippen LogP contribution in [0.25, 0.3) is 0 Å². The number of sulfonamides is 1. The van der Waals surface area contributed by atoms with Crippen molar-refractivity contribution in [1.82, 2.24) is 4.98 Å². The van der Waals surface area contributed by atoms with Gasteiger partial charge in [0, 0.05) is 11.2 Å². The molecule has 1 unspecified atom stereocenters. The van der Waals surface area contributed by atoms with E-state index in [-0.39, 0.29) is 23.9 Å². The molecule has 22 heavy (non-hydrogen) atoms. The van der Waals surface area contributed by atoms with Crippen molar-refractivity contribution in [3.63, 3.8) is 0 Å². The summed E-state index contributed by atoms with van der Waals surface area (Å²) in [6.45, 7) is -0.304. The van der Waals surface area contributed by atoms with Crippen LogP contribution >= 0.6 is 11.6 Å². The van der Waals surface area contributed by atoms with E-state index in [1.54, 1.807) is 24.3 Å². The van der Waals surface area contributed by atoms with Crippen molar-refractivity contribution in [1.29, 1.82) is 0 Å². The zero-order valence-electron chi connectivity index (χ0n) is 11.4. The van der Waals surface area contributed by atoms with Crippen LogP contribution in [-0.2, 0) is 10.0 Å². The summed E-state index contributed by atoms with van der Waals surface area (Å²) in [5, 5.41) is 9.65. The second-order valence-corrected chi connectivity index (χ2v) is 7.04. The second-order valence-electron chi connectivity index (χ2n) is 4.74. The molecule has 2 aromatic rings. The smallest absolute Gasteiger partial charge is 0.264 e. The fourth-order valence-electron chi connectivity index (χ4n) is 2.22. The molecule has 0 radical (unpaired) electrons. The summed E-state index contributed by atoms with van der Waals surface area (Å²) in [6.07, 6.45) is 0.833. The molecule has 1 aromatic heterocycles. The maximum atomic E-state index is 12.9. The Morgan fingerprint density at radius 3 is 2.91 bits per heavy atom. The molecule has 1 aromatic carbocycles. The van der Waals surface area contributed by atoms with E-state index < -0.39 is 16.1 Å². The van der Waals surface area contributed by atoms with Gasteiger partial charge in [-0.15, -0.1) is 0 Å². The predicted octanol–water partition coefficient (Wildman–Crippen LogP) is 1.68. The van der Waals surface area contributed by atoms with E-state index in [1.807, 2.05) is 0 Å². The van der Waals surface area contributed by atoms with Crippen LogP contribution in [0.4, 0.5) is 5.69 Å². The molecule has 0 fully saturated rings. The van der Waals surface area contributed by atoms with Crippen molar-refractivity contribution in [3.05, 3.63) is 47.6 Å². The van der Waals surface area contributed by atoms with Crippen LogP contribution < -0.4 is 9.04 Å². The third-order valence-corrected chi connectivity index (χ3v) is 5.27. The third-order valence-electron chi connectivity index (χ3n) is 3.26. The molecule has 0 aliphatic carbocycles. The van der Waals surface area contributed by atoms with Crippen LogP contribution in [0.2, 0.25) is 5.02 Å². The number of nitrogens with zero attached hydrogens (tertiary/aromatic N) is 2. The number of fused-ring (bicyclic) bond motifs is 1. The van der Waals surface area contributed by atoms with Gasteiger partial charge in [0.25, 0.3) is 10.0 Å². The maximum Gasteiger partial charge on any atom is 0.264 e. The predicted molar refractivity (Wildman–Crippen MR) is 81.7 cm³/mol. The molecule has 8 heteroatoms. The Hall–Kier alpha value is -1.83. The Labute approximate surface area is 133 Å².